The van der Waals surface area contributed by atoms with Crippen molar-refractivity contribution in [3.63, 3.8) is 0 Å². The minimum absolute atomic E-state index is 0.129. The van der Waals surface area contributed by atoms with Gasteiger partial charge in [-0.25, -0.2) is 10.1 Å². The van der Waals surface area contributed by atoms with E-state index in [2.05, 4.69) is 10.3 Å². The highest BCUT2D eigenvalue weighted by atomic mass is 19.4. The lowest BCUT2D eigenvalue weighted by Gasteiger charge is -2.09. The van der Waals surface area contributed by atoms with Crippen molar-refractivity contribution in [3.05, 3.63) is 36.0 Å². The van der Waals surface area contributed by atoms with Crippen LogP contribution in [-0.4, -0.2) is 23.9 Å². The smallest absolute Gasteiger partial charge is 0.361 e. The number of amides is 2. The van der Waals surface area contributed by atoms with Crippen LogP contribution in [0.1, 0.15) is 5.56 Å². The van der Waals surface area contributed by atoms with Crippen molar-refractivity contribution >= 4 is 16.9 Å². The molecule has 0 fully saturated rings. The van der Waals surface area contributed by atoms with Crippen LogP contribution in [0.15, 0.2) is 30.5 Å². The highest BCUT2D eigenvalue weighted by molar-refractivity contribution is 5.83. The lowest BCUT2D eigenvalue weighted by Crippen LogP contribution is -2.44. The van der Waals surface area contributed by atoms with Gasteiger partial charge in [-0.15, -0.1) is 0 Å². The molecule has 0 aliphatic heterocycles. The number of nitrogens with one attached hydrogen (secondary N) is 3. The molecule has 2 rings (SSSR count). The van der Waals surface area contributed by atoms with E-state index < -0.39 is 12.3 Å². The predicted molar refractivity (Wildman–Crippen MR) is 64.6 cm³/mol. The van der Waals surface area contributed by atoms with Crippen LogP contribution in [0.25, 0.3) is 10.9 Å². The number of halogens is 3. The van der Waals surface area contributed by atoms with Crippen molar-refractivity contribution < 1.29 is 18.0 Å². The molecule has 2 aromatic rings. The number of carbonyl (C=O) groups is 1. The summed E-state index contributed by atoms with van der Waals surface area (Å²) in [5.74, 6) is 0. The monoisotopic (exact) mass is 271 g/mol. The molecule has 1 aromatic carbocycles. The van der Waals surface area contributed by atoms with Gasteiger partial charge in [-0.05, 0) is 18.1 Å². The van der Waals surface area contributed by atoms with Gasteiger partial charge in [0.25, 0.3) is 0 Å². The highest BCUT2D eigenvalue weighted by Gasteiger charge is 2.29. The fourth-order valence-corrected chi connectivity index (χ4v) is 1.82. The molecular weight excluding hydrogens is 259 g/mol. The summed E-state index contributed by atoms with van der Waals surface area (Å²) in [5, 5.41) is 4.04. The Kier molecular flexibility index (Phi) is 3.64. The molecule has 3 N–H and O–H groups in total. The first kappa shape index (κ1) is 13.3. The first-order valence-electron chi connectivity index (χ1n) is 5.63. The van der Waals surface area contributed by atoms with E-state index in [-0.39, 0.29) is 6.54 Å². The molecule has 0 saturated heterocycles. The largest absolute Gasteiger partial charge is 0.485 e. The molecule has 4 nitrogen and oxygen atoms in total. The Balaban J connectivity index is 1.88. The number of urea groups is 1. The number of aromatic amines is 1. The lowest BCUT2D eigenvalue weighted by molar-refractivity contribution is -0.145. The zero-order valence-corrected chi connectivity index (χ0v) is 9.84. The third-order valence-electron chi connectivity index (χ3n) is 2.61. The number of hydrogen-bond donors (Lipinski definition) is 3. The number of benzene rings is 1. The lowest BCUT2D eigenvalue weighted by atomic mass is 10.1. The average Bonchev–Trinajstić information content (AvgIpc) is 2.70. The first-order valence-corrected chi connectivity index (χ1v) is 5.63. The van der Waals surface area contributed by atoms with E-state index in [0.29, 0.717) is 6.42 Å². The maximum absolute atomic E-state index is 11.8. The van der Waals surface area contributed by atoms with Gasteiger partial charge in [-0.3, -0.25) is 0 Å². The maximum Gasteiger partial charge on any atom is 0.485 e. The third-order valence-corrected chi connectivity index (χ3v) is 2.61. The fourth-order valence-electron chi connectivity index (χ4n) is 1.82. The van der Waals surface area contributed by atoms with E-state index in [9.17, 15) is 18.0 Å². The molecule has 0 spiro atoms. The molecule has 102 valence electrons. The van der Waals surface area contributed by atoms with Crippen LogP contribution in [0.3, 0.4) is 0 Å². The van der Waals surface area contributed by atoms with E-state index in [1.165, 1.54) is 0 Å². The maximum atomic E-state index is 11.8. The topological polar surface area (TPSA) is 56.9 Å². The summed E-state index contributed by atoms with van der Waals surface area (Å²) in [5.41, 5.74) is 1.90. The number of rotatable bonds is 3. The van der Waals surface area contributed by atoms with Crippen molar-refractivity contribution in [1.82, 2.24) is 15.6 Å². The fraction of sp³-hybridized carbons (Fsp3) is 0.250. The Morgan fingerprint density at radius 2 is 2.00 bits per heavy atom. The van der Waals surface area contributed by atoms with Gasteiger partial charge >= 0.3 is 12.3 Å². The van der Waals surface area contributed by atoms with Crippen LogP contribution in [0.4, 0.5) is 18.0 Å². The molecule has 0 unspecified atom stereocenters. The van der Waals surface area contributed by atoms with Gasteiger partial charge in [0.1, 0.15) is 0 Å². The van der Waals surface area contributed by atoms with Crippen molar-refractivity contribution in [2.24, 2.45) is 0 Å². The molecule has 0 aliphatic rings. The Labute approximate surface area is 107 Å². The van der Waals surface area contributed by atoms with Crippen LogP contribution in [0, 0.1) is 0 Å². The van der Waals surface area contributed by atoms with Gasteiger partial charge in [-0.1, -0.05) is 18.2 Å². The Morgan fingerprint density at radius 1 is 1.26 bits per heavy atom. The van der Waals surface area contributed by atoms with Gasteiger partial charge in [0.15, 0.2) is 0 Å². The van der Waals surface area contributed by atoms with Crippen molar-refractivity contribution in [3.8, 4) is 0 Å². The minimum atomic E-state index is -4.70. The van der Waals surface area contributed by atoms with E-state index in [1.54, 1.807) is 6.20 Å². The quantitative estimate of drug-likeness (QED) is 0.738. The number of hydrogen-bond acceptors (Lipinski definition) is 1. The SMILES string of the molecule is O=C(NCCc1c[nH]c2ccccc12)NC(F)(F)F. The Hall–Kier alpha value is -2.18. The van der Waals surface area contributed by atoms with Crippen LogP contribution < -0.4 is 10.6 Å². The number of alkyl halides is 3. The molecule has 2 amide bonds. The van der Waals surface area contributed by atoms with Crippen LogP contribution in [0.2, 0.25) is 0 Å². The van der Waals surface area contributed by atoms with Gasteiger partial charge in [0.05, 0.1) is 0 Å². The van der Waals surface area contributed by atoms with Gasteiger partial charge in [-0.2, -0.15) is 13.2 Å². The molecule has 0 aliphatic carbocycles. The zero-order chi connectivity index (χ0) is 13.9. The second-order valence-electron chi connectivity index (χ2n) is 3.99. The predicted octanol–water partition coefficient (Wildman–Crippen LogP) is 2.53. The molecule has 1 heterocycles. The third kappa shape index (κ3) is 3.64. The van der Waals surface area contributed by atoms with Crippen molar-refractivity contribution in [2.45, 2.75) is 12.7 Å². The van der Waals surface area contributed by atoms with Crippen molar-refractivity contribution in [1.29, 1.82) is 0 Å². The number of carbonyl (C=O) groups excluding carboxylic acids is 1. The van der Waals surface area contributed by atoms with Crippen LogP contribution in [0.5, 0.6) is 0 Å². The summed E-state index contributed by atoms with van der Waals surface area (Å²) >= 11 is 0. The average molecular weight is 271 g/mol. The molecule has 0 atom stereocenters. The van der Waals surface area contributed by atoms with E-state index in [4.69, 9.17) is 0 Å². The summed E-state index contributed by atoms with van der Waals surface area (Å²) in [6, 6.07) is 6.34. The highest BCUT2D eigenvalue weighted by Crippen LogP contribution is 2.17. The first-order chi connectivity index (χ1) is 8.96. The molecule has 0 saturated carbocycles. The van der Waals surface area contributed by atoms with Gasteiger partial charge in [0, 0.05) is 23.6 Å². The number of aromatic nitrogens is 1. The van der Waals surface area contributed by atoms with Crippen LogP contribution in [-0.2, 0) is 6.42 Å². The van der Waals surface area contributed by atoms with Gasteiger partial charge in [0.2, 0.25) is 0 Å². The summed E-state index contributed by atoms with van der Waals surface area (Å²) in [6.45, 7) is 0.129. The van der Waals surface area contributed by atoms with E-state index >= 15 is 0 Å². The van der Waals surface area contributed by atoms with Crippen LogP contribution >= 0.6 is 0 Å². The Morgan fingerprint density at radius 3 is 2.74 bits per heavy atom. The van der Waals surface area contributed by atoms with E-state index in [0.717, 1.165) is 21.8 Å². The summed E-state index contributed by atoms with van der Waals surface area (Å²) in [4.78, 5) is 14.0. The Bertz CT molecular complexity index is 577. The van der Waals surface area contributed by atoms with Gasteiger partial charge < -0.3 is 10.3 Å². The molecule has 19 heavy (non-hydrogen) atoms. The zero-order valence-electron chi connectivity index (χ0n) is 9.84. The summed E-state index contributed by atoms with van der Waals surface area (Å²) in [7, 11) is 0. The molecule has 7 heteroatoms. The summed E-state index contributed by atoms with van der Waals surface area (Å²) in [6.07, 6.45) is -2.46. The molecular formula is C12H12F3N3O. The number of fused-ring (bicyclic) bond motifs is 1. The normalized spacial score (nSPS) is 11.5. The standard InChI is InChI=1S/C12H12F3N3O/c13-12(14,15)18-11(19)16-6-5-8-7-17-10-4-2-1-3-9(8)10/h1-4,7,17H,5-6H2,(H2,16,18,19). The second kappa shape index (κ2) is 5.21. The summed E-state index contributed by atoms with van der Waals surface area (Å²) < 4.78 is 35.5. The van der Waals surface area contributed by atoms with Crippen molar-refractivity contribution in [2.75, 3.05) is 6.54 Å². The second-order valence-corrected chi connectivity index (χ2v) is 3.99. The molecule has 0 radical (unpaired) electrons. The number of H-pyrrole nitrogens is 1. The number of para-hydroxylation sites is 1. The molecule has 0 bridgehead atoms. The minimum Gasteiger partial charge on any atom is -0.361 e. The molecule has 1 aromatic heterocycles. The van der Waals surface area contributed by atoms with E-state index in [1.807, 2.05) is 24.3 Å².